The maximum absolute atomic E-state index is 12.6. The minimum absolute atomic E-state index is 0.00334. The first-order valence-corrected chi connectivity index (χ1v) is 7.29. The molecule has 2 rings (SSSR count). The Morgan fingerprint density at radius 1 is 1.10 bits per heavy atom. The number of carbonyl (C=O) groups is 2. The van der Waals surface area contributed by atoms with Crippen LogP contribution in [0.5, 0.6) is 0 Å². The molecule has 1 aliphatic carbocycles. The highest BCUT2D eigenvalue weighted by Crippen LogP contribution is 2.40. The van der Waals surface area contributed by atoms with E-state index in [0.29, 0.717) is 13.0 Å². The molecule has 0 aromatic heterocycles. The van der Waals surface area contributed by atoms with Gasteiger partial charge in [0.15, 0.2) is 0 Å². The van der Waals surface area contributed by atoms with E-state index in [1.165, 1.54) is 12.0 Å². The second-order valence-corrected chi connectivity index (χ2v) is 5.80. The second kappa shape index (κ2) is 6.23. The van der Waals surface area contributed by atoms with Gasteiger partial charge in [-0.2, -0.15) is 13.2 Å². The Morgan fingerprint density at radius 2 is 1.71 bits per heavy atom. The van der Waals surface area contributed by atoms with Crippen molar-refractivity contribution in [1.82, 2.24) is 4.90 Å². The van der Waals surface area contributed by atoms with Crippen molar-refractivity contribution < 1.29 is 27.5 Å². The van der Waals surface area contributed by atoms with E-state index < -0.39 is 30.0 Å². The normalized spacial score (nSPS) is 30.3. The molecule has 0 N–H and O–H groups in total. The molecule has 2 aliphatic rings. The van der Waals surface area contributed by atoms with E-state index in [-0.39, 0.29) is 31.6 Å². The molecular formula is C14H20F3NO3. The predicted molar refractivity (Wildman–Crippen MR) is 68.3 cm³/mol. The third-order valence-corrected chi connectivity index (χ3v) is 4.55. The van der Waals surface area contributed by atoms with Gasteiger partial charge in [-0.1, -0.05) is 0 Å². The van der Waals surface area contributed by atoms with Crippen LogP contribution in [-0.4, -0.2) is 42.6 Å². The van der Waals surface area contributed by atoms with Crippen LogP contribution >= 0.6 is 0 Å². The highest BCUT2D eigenvalue weighted by Gasteiger charge is 2.44. The van der Waals surface area contributed by atoms with E-state index in [1.807, 2.05) is 0 Å². The molecule has 1 saturated heterocycles. The Hall–Kier alpha value is -1.27. The van der Waals surface area contributed by atoms with Crippen LogP contribution in [0.3, 0.4) is 0 Å². The van der Waals surface area contributed by atoms with Gasteiger partial charge in [0, 0.05) is 12.5 Å². The standard InChI is InChI=1S/C14H20F3NO3/c1-21-13(20)11-3-2-8-18(11)12(19)9-4-6-10(7-5-9)14(15,16)17/h9-11H,2-8H2,1H3. The smallest absolute Gasteiger partial charge is 0.391 e. The summed E-state index contributed by atoms with van der Waals surface area (Å²) in [5.41, 5.74) is 0. The molecule has 4 nitrogen and oxygen atoms in total. The number of hydrogen-bond donors (Lipinski definition) is 0. The first-order chi connectivity index (χ1) is 9.84. The van der Waals surface area contributed by atoms with Crippen LogP contribution in [0.25, 0.3) is 0 Å². The quantitative estimate of drug-likeness (QED) is 0.737. The summed E-state index contributed by atoms with van der Waals surface area (Å²) < 4.78 is 42.6. The average Bonchev–Trinajstić information content (AvgIpc) is 2.94. The van der Waals surface area contributed by atoms with Gasteiger partial charge < -0.3 is 9.64 Å². The number of carbonyl (C=O) groups excluding carboxylic acids is 2. The van der Waals surface area contributed by atoms with Crippen LogP contribution in [0.4, 0.5) is 13.2 Å². The lowest BCUT2D eigenvalue weighted by Crippen LogP contribution is -2.45. The fourth-order valence-electron chi connectivity index (χ4n) is 3.31. The van der Waals surface area contributed by atoms with Crippen molar-refractivity contribution in [2.24, 2.45) is 11.8 Å². The molecule has 1 atom stereocenters. The zero-order chi connectivity index (χ0) is 15.6. The number of halogens is 3. The van der Waals surface area contributed by atoms with Gasteiger partial charge in [-0.15, -0.1) is 0 Å². The summed E-state index contributed by atoms with van der Waals surface area (Å²) in [4.78, 5) is 25.5. The van der Waals surface area contributed by atoms with Crippen molar-refractivity contribution in [2.45, 2.75) is 50.7 Å². The first-order valence-electron chi connectivity index (χ1n) is 7.29. The molecule has 1 amide bonds. The topological polar surface area (TPSA) is 46.6 Å². The van der Waals surface area contributed by atoms with Gasteiger partial charge in [0.2, 0.25) is 5.91 Å². The maximum atomic E-state index is 12.6. The number of likely N-dealkylation sites (tertiary alicyclic amines) is 1. The minimum Gasteiger partial charge on any atom is -0.467 e. The summed E-state index contributed by atoms with van der Waals surface area (Å²) in [6, 6.07) is -0.567. The van der Waals surface area contributed by atoms with Crippen LogP contribution < -0.4 is 0 Å². The molecule has 0 spiro atoms. The lowest BCUT2D eigenvalue weighted by Gasteiger charge is -2.32. The minimum atomic E-state index is -4.17. The number of ether oxygens (including phenoxy) is 1. The van der Waals surface area contributed by atoms with Crippen molar-refractivity contribution in [3.63, 3.8) is 0 Å². The number of esters is 1. The summed E-state index contributed by atoms with van der Waals surface area (Å²) in [5.74, 6) is -2.32. The van der Waals surface area contributed by atoms with Gasteiger partial charge in [0.1, 0.15) is 6.04 Å². The molecule has 1 unspecified atom stereocenters. The monoisotopic (exact) mass is 307 g/mol. The Labute approximate surface area is 121 Å². The number of methoxy groups -OCH3 is 1. The molecule has 1 aliphatic heterocycles. The number of amides is 1. The molecule has 1 saturated carbocycles. The van der Waals surface area contributed by atoms with Crippen LogP contribution in [-0.2, 0) is 14.3 Å². The Kier molecular flexibility index (Phi) is 4.78. The molecule has 0 radical (unpaired) electrons. The summed E-state index contributed by atoms with van der Waals surface area (Å²) in [6.45, 7) is 0.484. The third kappa shape index (κ3) is 3.49. The van der Waals surface area contributed by atoms with E-state index in [9.17, 15) is 22.8 Å². The Bertz CT molecular complexity index is 403. The van der Waals surface area contributed by atoms with Crippen molar-refractivity contribution in [1.29, 1.82) is 0 Å². The highest BCUT2D eigenvalue weighted by molar-refractivity contribution is 5.86. The number of nitrogens with zero attached hydrogens (tertiary/aromatic N) is 1. The van der Waals surface area contributed by atoms with E-state index in [4.69, 9.17) is 0 Å². The average molecular weight is 307 g/mol. The molecule has 7 heteroatoms. The van der Waals surface area contributed by atoms with Crippen LogP contribution in [0.1, 0.15) is 38.5 Å². The molecule has 2 fully saturated rings. The van der Waals surface area contributed by atoms with E-state index >= 15 is 0 Å². The molecular weight excluding hydrogens is 287 g/mol. The van der Waals surface area contributed by atoms with Gasteiger partial charge >= 0.3 is 12.1 Å². The van der Waals surface area contributed by atoms with Crippen molar-refractivity contribution in [3.8, 4) is 0 Å². The first kappa shape index (κ1) is 16.1. The third-order valence-electron chi connectivity index (χ3n) is 4.55. The van der Waals surface area contributed by atoms with Gasteiger partial charge in [-0.25, -0.2) is 4.79 Å². The molecule has 0 aromatic carbocycles. The van der Waals surface area contributed by atoms with Crippen LogP contribution in [0.15, 0.2) is 0 Å². The summed E-state index contributed by atoms with van der Waals surface area (Å²) in [5, 5.41) is 0. The predicted octanol–water partition coefficient (Wildman–Crippen LogP) is 2.52. The summed E-state index contributed by atoms with van der Waals surface area (Å²) in [6.07, 6.45) is -2.40. The lowest BCUT2D eigenvalue weighted by atomic mass is 9.81. The van der Waals surface area contributed by atoms with E-state index in [2.05, 4.69) is 4.74 Å². The second-order valence-electron chi connectivity index (χ2n) is 5.80. The lowest BCUT2D eigenvalue weighted by molar-refractivity contribution is -0.185. The number of rotatable bonds is 2. The van der Waals surface area contributed by atoms with Gasteiger partial charge in [-0.05, 0) is 38.5 Å². The van der Waals surface area contributed by atoms with Crippen molar-refractivity contribution in [2.75, 3.05) is 13.7 Å². The van der Waals surface area contributed by atoms with Gasteiger partial charge in [-0.3, -0.25) is 4.79 Å². The molecule has 1 heterocycles. The van der Waals surface area contributed by atoms with E-state index in [0.717, 1.165) is 6.42 Å². The zero-order valence-electron chi connectivity index (χ0n) is 12.0. The number of alkyl halides is 3. The largest absolute Gasteiger partial charge is 0.467 e. The zero-order valence-corrected chi connectivity index (χ0v) is 12.0. The Balaban J connectivity index is 1.94. The summed E-state index contributed by atoms with van der Waals surface area (Å²) in [7, 11) is 1.28. The number of hydrogen-bond acceptors (Lipinski definition) is 3. The van der Waals surface area contributed by atoms with Crippen molar-refractivity contribution >= 4 is 11.9 Å². The Morgan fingerprint density at radius 3 is 2.24 bits per heavy atom. The van der Waals surface area contributed by atoms with Crippen LogP contribution in [0, 0.1) is 11.8 Å². The molecule has 120 valence electrons. The van der Waals surface area contributed by atoms with Gasteiger partial charge in [0.05, 0.1) is 13.0 Å². The fraction of sp³-hybridized carbons (Fsp3) is 0.857. The van der Waals surface area contributed by atoms with Crippen LogP contribution in [0.2, 0.25) is 0 Å². The SMILES string of the molecule is COC(=O)C1CCCN1C(=O)C1CCC(C(F)(F)F)CC1. The molecule has 0 bridgehead atoms. The molecule has 21 heavy (non-hydrogen) atoms. The highest BCUT2D eigenvalue weighted by atomic mass is 19.4. The summed E-state index contributed by atoms with van der Waals surface area (Å²) >= 11 is 0. The molecule has 0 aromatic rings. The fourth-order valence-corrected chi connectivity index (χ4v) is 3.31. The van der Waals surface area contributed by atoms with Gasteiger partial charge in [0.25, 0.3) is 0 Å². The van der Waals surface area contributed by atoms with Crippen molar-refractivity contribution in [3.05, 3.63) is 0 Å². The maximum Gasteiger partial charge on any atom is 0.391 e. The van der Waals surface area contributed by atoms with E-state index in [1.54, 1.807) is 0 Å².